The van der Waals surface area contributed by atoms with Crippen molar-refractivity contribution >= 4 is 16.9 Å². The number of methoxy groups -OCH3 is 1. The number of rotatable bonds is 5. The molecule has 1 spiro atoms. The second kappa shape index (κ2) is 8.22. The monoisotopic (exact) mass is 435 g/mol. The summed E-state index contributed by atoms with van der Waals surface area (Å²) in [6, 6.07) is 9.51. The third-order valence-electron chi connectivity index (χ3n) is 7.17. The molecule has 2 aromatic carbocycles. The topological polar surface area (TPSA) is 87.7 Å². The molecule has 0 saturated carbocycles. The fourth-order valence-electron chi connectivity index (χ4n) is 5.42. The van der Waals surface area contributed by atoms with Gasteiger partial charge in [-0.15, -0.1) is 0 Å². The van der Waals surface area contributed by atoms with E-state index in [0.29, 0.717) is 5.56 Å². The van der Waals surface area contributed by atoms with E-state index < -0.39 is 5.97 Å². The van der Waals surface area contributed by atoms with Gasteiger partial charge >= 0.3 is 5.97 Å². The molecule has 0 aliphatic carbocycles. The van der Waals surface area contributed by atoms with Crippen molar-refractivity contribution in [2.45, 2.75) is 50.8 Å². The number of H-pyrrole nitrogens is 1. The Balaban J connectivity index is 1.52. The minimum Gasteiger partial charge on any atom is -0.496 e. The number of aromatic carboxylic acids is 1. The number of hydrogen-bond acceptors (Lipinski definition) is 5. The van der Waals surface area contributed by atoms with Gasteiger partial charge in [-0.2, -0.15) is 5.10 Å². The summed E-state index contributed by atoms with van der Waals surface area (Å²) in [7, 11) is 1.71. The van der Waals surface area contributed by atoms with Crippen LogP contribution in [-0.2, 0) is 11.3 Å². The van der Waals surface area contributed by atoms with E-state index in [2.05, 4.69) is 28.1 Å². The van der Waals surface area contributed by atoms with Gasteiger partial charge in [-0.05, 0) is 61.9 Å². The summed E-state index contributed by atoms with van der Waals surface area (Å²) in [5.41, 5.74) is 4.63. The molecule has 2 aliphatic rings. The lowest BCUT2D eigenvalue weighted by molar-refractivity contribution is -0.0676. The highest BCUT2D eigenvalue weighted by Crippen LogP contribution is 2.45. The second-order valence-corrected chi connectivity index (χ2v) is 9.04. The van der Waals surface area contributed by atoms with Crippen LogP contribution in [0, 0.1) is 6.92 Å². The molecule has 3 heterocycles. The molecule has 32 heavy (non-hydrogen) atoms. The Morgan fingerprint density at radius 3 is 2.84 bits per heavy atom. The molecule has 7 heteroatoms. The second-order valence-electron chi connectivity index (χ2n) is 9.04. The number of aryl methyl sites for hydroxylation is 1. The van der Waals surface area contributed by atoms with Crippen LogP contribution in [0.2, 0.25) is 0 Å². The Morgan fingerprint density at radius 2 is 2.16 bits per heavy atom. The van der Waals surface area contributed by atoms with Crippen molar-refractivity contribution < 1.29 is 19.4 Å². The van der Waals surface area contributed by atoms with Gasteiger partial charge in [0.1, 0.15) is 5.75 Å². The van der Waals surface area contributed by atoms with Gasteiger partial charge in [-0.1, -0.05) is 12.1 Å². The number of ether oxygens (including phenoxy) is 2. The van der Waals surface area contributed by atoms with Crippen molar-refractivity contribution in [1.29, 1.82) is 0 Å². The Hall–Kier alpha value is -2.90. The third-order valence-corrected chi connectivity index (χ3v) is 7.17. The van der Waals surface area contributed by atoms with E-state index >= 15 is 0 Å². The molecule has 3 aromatic rings. The number of fused-ring (bicyclic) bond motifs is 1. The van der Waals surface area contributed by atoms with Crippen LogP contribution in [0.5, 0.6) is 5.75 Å². The number of nitrogens with zero attached hydrogens (tertiary/aromatic N) is 2. The van der Waals surface area contributed by atoms with Crippen molar-refractivity contribution in [2.75, 3.05) is 20.3 Å². The zero-order valence-corrected chi connectivity index (χ0v) is 18.6. The van der Waals surface area contributed by atoms with E-state index in [9.17, 15) is 9.90 Å². The maximum absolute atomic E-state index is 11.3. The standard InChI is InChI=1S/C25H29N3O4/c1-16-12-22(31-2)20(19-14-26-27-23(16)19)15-28-10-9-25(8-3-11-32-25)13-21(28)17-4-6-18(7-5-17)24(29)30/h4-7,12,14,21H,3,8-11,13,15H2,1-2H3,(H,26,27)(H,29,30)/t21-,25+/m0/s1. The summed E-state index contributed by atoms with van der Waals surface area (Å²) < 4.78 is 12.0. The van der Waals surface area contributed by atoms with E-state index in [1.54, 1.807) is 19.2 Å². The van der Waals surface area contributed by atoms with E-state index in [4.69, 9.17) is 9.47 Å². The van der Waals surface area contributed by atoms with E-state index in [1.807, 2.05) is 18.3 Å². The first-order valence-electron chi connectivity index (χ1n) is 11.2. The van der Waals surface area contributed by atoms with E-state index in [0.717, 1.165) is 78.7 Å². The van der Waals surface area contributed by atoms with Crippen molar-refractivity contribution in [2.24, 2.45) is 0 Å². The van der Waals surface area contributed by atoms with Crippen LogP contribution in [0.15, 0.2) is 36.5 Å². The zero-order valence-electron chi connectivity index (χ0n) is 18.6. The molecular formula is C25H29N3O4. The number of aromatic amines is 1. The van der Waals surface area contributed by atoms with Gasteiger partial charge in [0.15, 0.2) is 0 Å². The maximum Gasteiger partial charge on any atom is 0.335 e. The van der Waals surface area contributed by atoms with E-state index in [-0.39, 0.29) is 11.6 Å². The highest BCUT2D eigenvalue weighted by Gasteiger charge is 2.43. The van der Waals surface area contributed by atoms with E-state index in [1.165, 1.54) is 0 Å². The summed E-state index contributed by atoms with van der Waals surface area (Å²) in [6.45, 7) is 4.51. The number of benzene rings is 2. The van der Waals surface area contributed by atoms with Gasteiger partial charge in [0.2, 0.25) is 0 Å². The molecule has 2 saturated heterocycles. The van der Waals surface area contributed by atoms with Crippen molar-refractivity contribution in [3.63, 3.8) is 0 Å². The molecule has 1 aromatic heterocycles. The molecule has 0 unspecified atom stereocenters. The summed E-state index contributed by atoms with van der Waals surface area (Å²) in [5.74, 6) is -0.0341. The fraction of sp³-hybridized carbons (Fsp3) is 0.440. The summed E-state index contributed by atoms with van der Waals surface area (Å²) in [4.78, 5) is 13.8. The predicted molar refractivity (Wildman–Crippen MR) is 121 cm³/mol. The van der Waals surface area contributed by atoms with Crippen molar-refractivity contribution in [1.82, 2.24) is 15.1 Å². The van der Waals surface area contributed by atoms with Crippen LogP contribution in [0.4, 0.5) is 0 Å². The molecular weight excluding hydrogens is 406 g/mol. The number of carboxylic acids is 1. The van der Waals surface area contributed by atoms with Crippen LogP contribution in [-0.4, -0.2) is 52.0 Å². The van der Waals surface area contributed by atoms with Crippen LogP contribution in [0.3, 0.4) is 0 Å². The fourth-order valence-corrected chi connectivity index (χ4v) is 5.42. The maximum atomic E-state index is 11.3. The van der Waals surface area contributed by atoms with Gasteiger partial charge in [0.25, 0.3) is 0 Å². The van der Waals surface area contributed by atoms with Crippen LogP contribution in [0.25, 0.3) is 10.9 Å². The van der Waals surface area contributed by atoms with Gasteiger partial charge in [-0.3, -0.25) is 10.00 Å². The highest BCUT2D eigenvalue weighted by molar-refractivity contribution is 5.88. The minimum absolute atomic E-state index is 0.0744. The smallest absolute Gasteiger partial charge is 0.335 e. The Bertz CT molecular complexity index is 1130. The number of carboxylic acid groups (broad SMARTS) is 1. The first-order valence-corrected chi connectivity index (χ1v) is 11.2. The Kier molecular flexibility index (Phi) is 5.39. The van der Waals surface area contributed by atoms with Crippen LogP contribution < -0.4 is 4.74 Å². The molecule has 168 valence electrons. The zero-order chi connectivity index (χ0) is 22.3. The third kappa shape index (κ3) is 3.65. The van der Waals surface area contributed by atoms with Crippen molar-refractivity contribution in [3.8, 4) is 5.75 Å². The number of likely N-dealkylation sites (tertiary alicyclic amines) is 1. The highest BCUT2D eigenvalue weighted by atomic mass is 16.5. The number of aromatic nitrogens is 2. The molecule has 2 fully saturated rings. The number of nitrogens with one attached hydrogen (secondary N) is 1. The average Bonchev–Trinajstić information content (AvgIpc) is 3.47. The van der Waals surface area contributed by atoms with Gasteiger partial charge < -0.3 is 14.6 Å². The summed E-state index contributed by atoms with van der Waals surface area (Å²) in [6.07, 6.45) is 5.97. The van der Waals surface area contributed by atoms with Crippen molar-refractivity contribution in [3.05, 3.63) is 58.8 Å². The Labute approximate surface area is 187 Å². The molecule has 0 amide bonds. The largest absolute Gasteiger partial charge is 0.496 e. The van der Waals surface area contributed by atoms with Gasteiger partial charge in [0.05, 0.1) is 30.0 Å². The molecule has 5 rings (SSSR count). The molecule has 0 bridgehead atoms. The first kappa shape index (κ1) is 21.0. The lowest BCUT2D eigenvalue weighted by atomic mass is 9.81. The summed E-state index contributed by atoms with van der Waals surface area (Å²) >= 11 is 0. The minimum atomic E-state index is -0.903. The quantitative estimate of drug-likeness (QED) is 0.615. The number of hydrogen-bond donors (Lipinski definition) is 2. The predicted octanol–water partition coefficient (Wildman–Crippen LogP) is 4.46. The van der Waals surface area contributed by atoms with Crippen LogP contribution >= 0.6 is 0 Å². The lowest BCUT2D eigenvalue weighted by Crippen LogP contribution is -2.45. The van der Waals surface area contributed by atoms with Gasteiger partial charge in [-0.25, -0.2) is 4.79 Å². The molecule has 2 aliphatic heterocycles. The SMILES string of the molecule is COc1cc(C)c2[nH]ncc2c1CN1CC[C@]2(CCCO2)C[C@H]1c1ccc(C(=O)O)cc1. The van der Waals surface area contributed by atoms with Crippen LogP contribution in [0.1, 0.15) is 58.8 Å². The molecule has 0 radical (unpaired) electrons. The molecule has 2 N–H and O–H groups in total. The number of carbonyl (C=O) groups is 1. The Morgan fingerprint density at radius 1 is 1.34 bits per heavy atom. The normalized spacial score (nSPS) is 23.8. The lowest BCUT2D eigenvalue weighted by Gasteiger charge is -2.45. The summed E-state index contributed by atoms with van der Waals surface area (Å²) in [5, 5.41) is 17.8. The molecule has 2 atom stereocenters. The number of piperidine rings is 1. The van der Waals surface area contributed by atoms with Gasteiger partial charge in [0, 0.05) is 36.7 Å². The molecule has 7 nitrogen and oxygen atoms in total. The average molecular weight is 436 g/mol. The first-order chi connectivity index (χ1) is 15.5.